The molecule has 1 aromatic carbocycles. The van der Waals surface area contributed by atoms with Crippen LogP contribution in [0.15, 0.2) is 36.9 Å². The van der Waals surface area contributed by atoms with Crippen molar-refractivity contribution in [3.8, 4) is 11.1 Å². The van der Waals surface area contributed by atoms with Crippen LogP contribution in [-0.4, -0.2) is 25.9 Å². The molecule has 1 saturated heterocycles. The topological polar surface area (TPSA) is 44.9 Å². The molecule has 3 fully saturated rings. The van der Waals surface area contributed by atoms with Gasteiger partial charge in [0.05, 0.1) is 23.6 Å². The summed E-state index contributed by atoms with van der Waals surface area (Å²) in [5, 5.41) is 4.56. The Morgan fingerprint density at radius 2 is 2.07 bits per heavy atom. The molecule has 0 radical (unpaired) electrons. The zero-order chi connectivity index (χ0) is 18.5. The van der Waals surface area contributed by atoms with E-state index in [2.05, 4.69) is 34.1 Å². The second-order valence-electron chi connectivity index (χ2n) is 9.07. The molecule has 0 spiro atoms. The van der Waals surface area contributed by atoms with Crippen LogP contribution in [0.1, 0.15) is 51.2 Å². The summed E-state index contributed by atoms with van der Waals surface area (Å²) in [7, 11) is 0. The fourth-order valence-electron chi connectivity index (χ4n) is 5.82. The first kappa shape index (κ1) is 16.8. The second kappa shape index (κ2) is 6.73. The number of rotatable bonds is 4. The molecule has 5 heteroatoms. The van der Waals surface area contributed by atoms with Gasteiger partial charge in [-0.2, -0.15) is 5.10 Å². The van der Waals surface area contributed by atoms with Crippen molar-refractivity contribution >= 4 is 11.0 Å². The van der Waals surface area contributed by atoms with Gasteiger partial charge >= 0.3 is 0 Å². The molecule has 5 nitrogen and oxygen atoms in total. The van der Waals surface area contributed by atoms with E-state index in [0.717, 1.165) is 54.8 Å². The minimum absolute atomic E-state index is 0.0900. The minimum atomic E-state index is 0.0900. The molecule has 6 rings (SSSR count). The number of aromatic nitrogens is 4. The van der Waals surface area contributed by atoms with Gasteiger partial charge in [-0.25, -0.2) is 9.67 Å². The molecule has 2 saturated carbocycles. The Kier molecular flexibility index (Phi) is 4.03. The van der Waals surface area contributed by atoms with Crippen molar-refractivity contribution in [3.63, 3.8) is 0 Å². The Hall–Kier alpha value is -2.14. The lowest BCUT2D eigenvalue weighted by Gasteiger charge is -2.22. The molecule has 28 heavy (non-hydrogen) atoms. The van der Waals surface area contributed by atoms with Gasteiger partial charge in [0.2, 0.25) is 0 Å². The maximum Gasteiger partial charge on any atom is 0.150 e. The van der Waals surface area contributed by atoms with Crippen molar-refractivity contribution in [1.29, 1.82) is 0 Å². The van der Waals surface area contributed by atoms with Gasteiger partial charge in [-0.15, -0.1) is 0 Å². The monoisotopic (exact) mass is 376 g/mol. The number of fused-ring (bicyclic) bond motifs is 3. The lowest BCUT2D eigenvalue weighted by atomic mass is 9.89. The van der Waals surface area contributed by atoms with Crippen molar-refractivity contribution in [2.24, 2.45) is 17.8 Å². The SMILES string of the molecule is c1cc2c(cc1-c1cnn(C3CCCCO3)c1)ncn2CC1CC2CCC1C2. The van der Waals surface area contributed by atoms with Crippen LogP contribution < -0.4 is 0 Å². The van der Waals surface area contributed by atoms with Crippen molar-refractivity contribution in [2.75, 3.05) is 6.61 Å². The third-order valence-electron chi connectivity index (χ3n) is 7.32. The van der Waals surface area contributed by atoms with Crippen LogP contribution in [0, 0.1) is 17.8 Å². The van der Waals surface area contributed by atoms with E-state index in [9.17, 15) is 0 Å². The minimum Gasteiger partial charge on any atom is -0.357 e. The fraction of sp³-hybridized carbons (Fsp3) is 0.565. The third-order valence-corrected chi connectivity index (χ3v) is 7.32. The largest absolute Gasteiger partial charge is 0.357 e. The van der Waals surface area contributed by atoms with Crippen LogP contribution in [0.4, 0.5) is 0 Å². The van der Waals surface area contributed by atoms with Gasteiger partial charge in [-0.3, -0.25) is 0 Å². The lowest BCUT2D eigenvalue weighted by Crippen LogP contribution is -2.18. The first-order valence-corrected chi connectivity index (χ1v) is 10.9. The molecule has 3 aliphatic rings. The van der Waals surface area contributed by atoms with Crippen molar-refractivity contribution in [1.82, 2.24) is 19.3 Å². The highest BCUT2D eigenvalue weighted by atomic mass is 16.5. The van der Waals surface area contributed by atoms with E-state index in [1.165, 1.54) is 43.2 Å². The summed E-state index contributed by atoms with van der Waals surface area (Å²) >= 11 is 0. The lowest BCUT2D eigenvalue weighted by molar-refractivity contribution is -0.0394. The fourth-order valence-corrected chi connectivity index (χ4v) is 5.82. The van der Waals surface area contributed by atoms with Crippen molar-refractivity contribution in [2.45, 2.75) is 57.7 Å². The Balaban J connectivity index is 1.23. The highest BCUT2D eigenvalue weighted by Crippen LogP contribution is 2.49. The maximum absolute atomic E-state index is 5.86. The Bertz CT molecular complexity index is 984. The molecule has 2 aromatic heterocycles. The van der Waals surface area contributed by atoms with Crippen LogP contribution in [-0.2, 0) is 11.3 Å². The average Bonchev–Trinajstić information content (AvgIpc) is 3.53. The Labute approximate surface area is 165 Å². The van der Waals surface area contributed by atoms with Gasteiger partial charge in [0, 0.05) is 24.9 Å². The normalized spacial score (nSPS) is 29.7. The molecule has 3 heterocycles. The number of hydrogen-bond donors (Lipinski definition) is 0. The molecule has 0 N–H and O–H groups in total. The van der Waals surface area contributed by atoms with Gasteiger partial charge in [-0.1, -0.05) is 12.5 Å². The summed E-state index contributed by atoms with van der Waals surface area (Å²) in [5.74, 6) is 2.81. The average molecular weight is 377 g/mol. The maximum atomic E-state index is 5.86. The van der Waals surface area contributed by atoms with Gasteiger partial charge in [0.15, 0.2) is 0 Å². The number of benzene rings is 1. The van der Waals surface area contributed by atoms with Gasteiger partial charge < -0.3 is 9.30 Å². The summed E-state index contributed by atoms with van der Waals surface area (Å²) < 4.78 is 10.2. The molecule has 4 unspecified atom stereocenters. The van der Waals surface area contributed by atoms with Crippen molar-refractivity contribution in [3.05, 3.63) is 36.9 Å². The summed E-state index contributed by atoms with van der Waals surface area (Å²) in [6, 6.07) is 6.65. The van der Waals surface area contributed by atoms with E-state index in [1.807, 2.05) is 17.2 Å². The van der Waals surface area contributed by atoms with Crippen LogP contribution in [0.25, 0.3) is 22.2 Å². The molecule has 2 bridgehead atoms. The molecule has 146 valence electrons. The molecule has 2 aliphatic carbocycles. The zero-order valence-corrected chi connectivity index (χ0v) is 16.3. The van der Waals surface area contributed by atoms with E-state index < -0.39 is 0 Å². The highest BCUT2D eigenvalue weighted by Gasteiger charge is 2.39. The van der Waals surface area contributed by atoms with E-state index in [-0.39, 0.29) is 6.23 Å². The van der Waals surface area contributed by atoms with Crippen LogP contribution >= 0.6 is 0 Å². The number of hydrogen-bond acceptors (Lipinski definition) is 3. The first-order chi connectivity index (χ1) is 13.8. The Morgan fingerprint density at radius 1 is 1.07 bits per heavy atom. The van der Waals surface area contributed by atoms with Gasteiger partial charge in [-0.05, 0) is 74.0 Å². The molecule has 3 aromatic rings. The van der Waals surface area contributed by atoms with Gasteiger partial charge in [0.1, 0.15) is 6.23 Å². The highest BCUT2D eigenvalue weighted by molar-refractivity contribution is 5.81. The Morgan fingerprint density at radius 3 is 2.89 bits per heavy atom. The van der Waals surface area contributed by atoms with E-state index >= 15 is 0 Å². The van der Waals surface area contributed by atoms with E-state index in [0.29, 0.717) is 0 Å². The first-order valence-electron chi connectivity index (χ1n) is 10.9. The summed E-state index contributed by atoms with van der Waals surface area (Å²) in [5.41, 5.74) is 4.66. The van der Waals surface area contributed by atoms with Crippen molar-refractivity contribution < 1.29 is 4.74 Å². The second-order valence-corrected chi connectivity index (χ2v) is 9.07. The summed E-state index contributed by atoms with van der Waals surface area (Å²) in [6.45, 7) is 1.97. The number of imidazole rings is 1. The molecule has 0 amide bonds. The summed E-state index contributed by atoms with van der Waals surface area (Å²) in [6.07, 6.45) is 15.4. The molecule has 4 atom stereocenters. The van der Waals surface area contributed by atoms with E-state index in [1.54, 1.807) is 0 Å². The van der Waals surface area contributed by atoms with Crippen LogP contribution in [0.5, 0.6) is 0 Å². The smallest absolute Gasteiger partial charge is 0.150 e. The van der Waals surface area contributed by atoms with Crippen LogP contribution in [0.2, 0.25) is 0 Å². The zero-order valence-electron chi connectivity index (χ0n) is 16.3. The number of nitrogens with zero attached hydrogens (tertiary/aromatic N) is 4. The predicted octanol–water partition coefficient (Wildman–Crippen LogP) is 5.04. The predicted molar refractivity (Wildman–Crippen MR) is 109 cm³/mol. The standard InChI is InChI=1S/C23H28N4O/c1-2-8-28-23(3-1)27-14-20(12-25-27)18-6-7-22-21(11-18)24-15-26(22)13-19-10-16-4-5-17(19)9-16/h6-7,11-12,14-17,19,23H,1-5,8-10,13H2. The van der Waals surface area contributed by atoms with Crippen LogP contribution in [0.3, 0.4) is 0 Å². The van der Waals surface area contributed by atoms with Gasteiger partial charge in [0.25, 0.3) is 0 Å². The number of ether oxygens (including phenoxy) is 1. The summed E-state index contributed by atoms with van der Waals surface area (Å²) in [4.78, 5) is 4.72. The quantitative estimate of drug-likeness (QED) is 0.641. The van der Waals surface area contributed by atoms with E-state index in [4.69, 9.17) is 9.72 Å². The third kappa shape index (κ3) is 2.87. The molecular weight excluding hydrogens is 348 g/mol. The molecular formula is C23H28N4O. The molecule has 1 aliphatic heterocycles.